The number of rotatable bonds is 2. The number of hydrogen-bond acceptors (Lipinski definition) is 2. The summed E-state index contributed by atoms with van der Waals surface area (Å²) in [7, 11) is 0. The Hall–Kier alpha value is -0.250. The van der Waals surface area contributed by atoms with Gasteiger partial charge in [0, 0.05) is 12.1 Å². The fraction of sp³-hybridized carbons (Fsp3) is 0.400. The second-order valence-corrected chi connectivity index (χ2v) is 4.87. The van der Waals surface area contributed by atoms with Crippen molar-refractivity contribution in [1.29, 1.82) is 0 Å². The van der Waals surface area contributed by atoms with Crippen LogP contribution in [-0.4, -0.2) is 12.1 Å². The SMILES string of the molecule is NC1CC(Nc2cccc(Cl)c2Br)C1. The lowest BCUT2D eigenvalue weighted by atomic mass is 9.87. The van der Waals surface area contributed by atoms with Crippen molar-refractivity contribution in [1.82, 2.24) is 0 Å². The number of nitrogens with one attached hydrogen (secondary N) is 1. The molecule has 14 heavy (non-hydrogen) atoms. The molecule has 0 heterocycles. The zero-order valence-corrected chi connectivity index (χ0v) is 9.98. The normalized spacial score (nSPS) is 25.6. The predicted molar refractivity (Wildman–Crippen MR) is 63.8 cm³/mol. The zero-order valence-electron chi connectivity index (χ0n) is 7.63. The summed E-state index contributed by atoms with van der Waals surface area (Å²) in [6.07, 6.45) is 2.08. The Balaban J connectivity index is 2.06. The minimum Gasteiger partial charge on any atom is -0.381 e. The summed E-state index contributed by atoms with van der Waals surface area (Å²) in [5.74, 6) is 0. The Morgan fingerprint density at radius 2 is 2.14 bits per heavy atom. The van der Waals surface area contributed by atoms with Crippen LogP contribution in [0.5, 0.6) is 0 Å². The molecule has 1 aromatic carbocycles. The third-order valence-electron chi connectivity index (χ3n) is 2.49. The number of hydrogen-bond donors (Lipinski definition) is 2. The van der Waals surface area contributed by atoms with Crippen molar-refractivity contribution in [2.75, 3.05) is 5.32 Å². The molecule has 1 aliphatic rings. The van der Waals surface area contributed by atoms with E-state index in [1.165, 1.54) is 0 Å². The molecule has 0 spiro atoms. The molecule has 1 fully saturated rings. The molecular formula is C10H12BrClN2. The molecule has 1 aliphatic carbocycles. The Kier molecular flexibility index (Phi) is 3.00. The Labute approximate surface area is 96.9 Å². The van der Waals surface area contributed by atoms with E-state index >= 15 is 0 Å². The Bertz CT molecular complexity index is 337. The molecule has 0 radical (unpaired) electrons. The maximum atomic E-state index is 5.98. The van der Waals surface area contributed by atoms with Gasteiger partial charge in [-0.05, 0) is 40.9 Å². The number of benzene rings is 1. The monoisotopic (exact) mass is 274 g/mol. The van der Waals surface area contributed by atoms with Crippen molar-refractivity contribution in [2.45, 2.75) is 24.9 Å². The molecule has 4 heteroatoms. The van der Waals surface area contributed by atoms with Crippen LogP contribution in [0.4, 0.5) is 5.69 Å². The van der Waals surface area contributed by atoms with E-state index in [9.17, 15) is 0 Å². The van der Waals surface area contributed by atoms with Crippen molar-refractivity contribution < 1.29 is 0 Å². The predicted octanol–water partition coefficient (Wildman–Crippen LogP) is 3.00. The number of nitrogens with two attached hydrogens (primary N) is 1. The first-order chi connectivity index (χ1) is 6.66. The van der Waals surface area contributed by atoms with Crippen LogP contribution in [0.1, 0.15) is 12.8 Å². The highest BCUT2D eigenvalue weighted by Gasteiger charge is 2.25. The van der Waals surface area contributed by atoms with Crippen molar-refractivity contribution in [2.24, 2.45) is 5.73 Å². The van der Waals surface area contributed by atoms with Gasteiger partial charge in [0.05, 0.1) is 15.2 Å². The van der Waals surface area contributed by atoms with E-state index < -0.39 is 0 Å². The summed E-state index contributed by atoms with van der Waals surface area (Å²) in [5.41, 5.74) is 6.76. The van der Waals surface area contributed by atoms with E-state index in [2.05, 4.69) is 21.2 Å². The van der Waals surface area contributed by atoms with Gasteiger partial charge >= 0.3 is 0 Å². The molecule has 0 saturated heterocycles. The van der Waals surface area contributed by atoms with Crippen molar-refractivity contribution >= 4 is 33.2 Å². The van der Waals surface area contributed by atoms with Crippen molar-refractivity contribution in [3.8, 4) is 0 Å². The van der Waals surface area contributed by atoms with Gasteiger partial charge in [-0.2, -0.15) is 0 Å². The van der Waals surface area contributed by atoms with Crippen molar-refractivity contribution in [3.63, 3.8) is 0 Å². The molecule has 0 amide bonds. The highest BCUT2D eigenvalue weighted by Crippen LogP contribution is 2.32. The smallest absolute Gasteiger partial charge is 0.0593 e. The van der Waals surface area contributed by atoms with E-state index in [1.807, 2.05) is 18.2 Å². The van der Waals surface area contributed by atoms with E-state index in [1.54, 1.807) is 0 Å². The highest BCUT2D eigenvalue weighted by atomic mass is 79.9. The summed E-state index contributed by atoms with van der Waals surface area (Å²) in [4.78, 5) is 0. The largest absolute Gasteiger partial charge is 0.381 e. The Morgan fingerprint density at radius 1 is 1.43 bits per heavy atom. The zero-order chi connectivity index (χ0) is 10.1. The van der Waals surface area contributed by atoms with Crippen LogP contribution < -0.4 is 11.1 Å². The molecular weight excluding hydrogens is 263 g/mol. The molecule has 76 valence electrons. The van der Waals surface area contributed by atoms with Crippen LogP contribution in [-0.2, 0) is 0 Å². The maximum Gasteiger partial charge on any atom is 0.0593 e. The quantitative estimate of drug-likeness (QED) is 0.871. The van der Waals surface area contributed by atoms with Gasteiger partial charge in [-0.3, -0.25) is 0 Å². The molecule has 0 atom stereocenters. The van der Waals surface area contributed by atoms with Crippen LogP contribution in [0.3, 0.4) is 0 Å². The lowest BCUT2D eigenvalue weighted by molar-refractivity contribution is 0.373. The van der Waals surface area contributed by atoms with Gasteiger partial charge in [0.15, 0.2) is 0 Å². The summed E-state index contributed by atoms with van der Waals surface area (Å²) in [6.45, 7) is 0. The highest BCUT2D eigenvalue weighted by molar-refractivity contribution is 9.10. The molecule has 2 nitrogen and oxygen atoms in total. The molecule has 1 saturated carbocycles. The van der Waals surface area contributed by atoms with Gasteiger partial charge in [0.25, 0.3) is 0 Å². The van der Waals surface area contributed by atoms with Crippen LogP contribution in [0.2, 0.25) is 5.02 Å². The molecule has 1 aromatic rings. The van der Waals surface area contributed by atoms with Crippen LogP contribution in [0.15, 0.2) is 22.7 Å². The van der Waals surface area contributed by atoms with Gasteiger partial charge in [-0.15, -0.1) is 0 Å². The molecule has 2 rings (SSSR count). The fourth-order valence-corrected chi connectivity index (χ4v) is 2.17. The van der Waals surface area contributed by atoms with Gasteiger partial charge in [0.1, 0.15) is 0 Å². The first-order valence-electron chi connectivity index (χ1n) is 4.63. The molecule has 0 aromatic heterocycles. The summed E-state index contributed by atoms with van der Waals surface area (Å²) in [6, 6.07) is 6.68. The maximum absolute atomic E-state index is 5.98. The van der Waals surface area contributed by atoms with Gasteiger partial charge in [-0.25, -0.2) is 0 Å². The summed E-state index contributed by atoms with van der Waals surface area (Å²) >= 11 is 9.43. The van der Waals surface area contributed by atoms with Crippen LogP contribution in [0.25, 0.3) is 0 Å². The molecule has 0 aliphatic heterocycles. The summed E-state index contributed by atoms with van der Waals surface area (Å²) in [5, 5.41) is 4.14. The average molecular weight is 276 g/mol. The molecule has 0 unspecified atom stereocenters. The van der Waals surface area contributed by atoms with E-state index in [4.69, 9.17) is 17.3 Å². The topological polar surface area (TPSA) is 38.0 Å². The summed E-state index contributed by atoms with van der Waals surface area (Å²) < 4.78 is 0.933. The molecule has 3 N–H and O–H groups in total. The Morgan fingerprint density at radius 3 is 2.79 bits per heavy atom. The number of anilines is 1. The second kappa shape index (κ2) is 4.09. The standard InChI is InChI=1S/C10H12BrClN2/c11-10-8(12)2-1-3-9(10)14-7-4-6(13)5-7/h1-3,6-7,14H,4-5,13H2. The first kappa shape index (κ1) is 10.3. The lowest BCUT2D eigenvalue weighted by Crippen LogP contribution is -2.44. The second-order valence-electron chi connectivity index (χ2n) is 3.67. The minimum absolute atomic E-state index is 0.366. The first-order valence-corrected chi connectivity index (χ1v) is 5.80. The van der Waals surface area contributed by atoms with Gasteiger partial charge in [0.2, 0.25) is 0 Å². The minimum atomic E-state index is 0.366. The van der Waals surface area contributed by atoms with E-state index in [0.717, 1.165) is 28.0 Å². The van der Waals surface area contributed by atoms with E-state index in [-0.39, 0.29) is 0 Å². The number of halogens is 2. The van der Waals surface area contributed by atoms with Gasteiger partial charge in [-0.1, -0.05) is 17.7 Å². The van der Waals surface area contributed by atoms with Crippen molar-refractivity contribution in [3.05, 3.63) is 27.7 Å². The lowest BCUT2D eigenvalue weighted by Gasteiger charge is -2.34. The van der Waals surface area contributed by atoms with Crippen LogP contribution in [0, 0.1) is 0 Å². The van der Waals surface area contributed by atoms with E-state index in [0.29, 0.717) is 12.1 Å². The third kappa shape index (κ3) is 2.05. The van der Waals surface area contributed by atoms with Crippen LogP contribution >= 0.6 is 27.5 Å². The molecule has 0 bridgehead atoms. The average Bonchev–Trinajstić information content (AvgIpc) is 2.10. The van der Waals surface area contributed by atoms with Gasteiger partial charge < -0.3 is 11.1 Å². The third-order valence-corrected chi connectivity index (χ3v) is 3.88. The fourth-order valence-electron chi connectivity index (χ4n) is 1.61.